The number of rotatable bonds is 4. The summed E-state index contributed by atoms with van der Waals surface area (Å²) in [7, 11) is 0. The predicted octanol–water partition coefficient (Wildman–Crippen LogP) is 3.28. The van der Waals surface area contributed by atoms with Crippen molar-refractivity contribution in [3.8, 4) is 5.82 Å². The largest absolute Gasteiger partial charge is 0.416 e. The summed E-state index contributed by atoms with van der Waals surface area (Å²) in [6.45, 7) is 4.19. The molecule has 0 saturated heterocycles. The van der Waals surface area contributed by atoms with Gasteiger partial charge in [-0.25, -0.2) is 9.97 Å². The second-order valence-corrected chi connectivity index (χ2v) is 4.19. The lowest BCUT2D eigenvalue weighted by molar-refractivity contribution is -0.137. The summed E-state index contributed by atoms with van der Waals surface area (Å²) in [5.41, 5.74) is -0.728. The van der Waals surface area contributed by atoms with Crippen LogP contribution in [0, 0.1) is 0 Å². The Bertz CT molecular complexity index is 590. The number of anilines is 1. The first-order valence-electron chi connectivity index (χ1n) is 6.31. The van der Waals surface area contributed by atoms with Gasteiger partial charge in [0.2, 0.25) is 0 Å². The SMILES string of the molecule is CCNc1cc(C(F)(F)F)cc(-n2ccnc2CC)n1. The Kier molecular flexibility index (Phi) is 3.96. The third-order valence-corrected chi connectivity index (χ3v) is 2.78. The number of aromatic nitrogens is 3. The number of alkyl halides is 3. The van der Waals surface area contributed by atoms with Crippen molar-refractivity contribution in [2.75, 3.05) is 11.9 Å². The van der Waals surface area contributed by atoms with Crippen molar-refractivity contribution in [1.82, 2.24) is 14.5 Å². The zero-order valence-corrected chi connectivity index (χ0v) is 11.2. The van der Waals surface area contributed by atoms with E-state index in [0.29, 0.717) is 18.8 Å². The molecule has 0 amide bonds. The molecule has 2 heterocycles. The Morgan fingerprint density at radius 2 is 2.00 bits per heavy atom. The van der Waals surface area contributed by atoms with Crippen LogP contribution in [-0.4, -0.2) is 21.1 Å². The highest BCUT2D eigenvalue weighted by atomic mass is 19.4. The van der Waals surface area contributed by atoms with E-state index in [1.54, 1.807) is 23.9 Å². The molecule has 2 rings (SSSR count). The van der Waals surface area contributed by atoms with Gasteiger partial charge in [-0.2, -0.15) is 13.2 Å². The third-order valence-electron chi connectivity index (χ3n) is 2.78. The first-order valence-corrected chi connectivity index (χ1v) is 6.31. The van der Waals surface area contributed by atoms with Crippen molar-refractivity contribution in [2.24, 2.45) is 0 Å². The lowest BCUT2D eigenvalue weighted by Gasteiger charge is -2.13. The monoisotopic (exact) mass is 284 g/mol. The Balaban J connectivity index is 2.55. The molecule has 20 heavy (non-hydrogen) atoms. The van der Waals surface area contributed by atoms with Crippen molar-refractivity contribution in [3.05, 3.63) is 35.9 Å². The van der Waals surface area contributed by atoms with Gasteiger partial charge >= 0.3 is 6.18 Å². The van der Waals surface area contributed by atoms with Crippen molar-refractivity contribution in [1.29, 1.82) is 0 Å². The first-order chi connectivity index (χ1) is 9.45. The first kappa shape index (κ1) is 14.4. The maximum absolute atomic E-state index is 12.9. The number of aryl methyl sites for hydroxylation is 1. The maximum Gasteiger partial charge on any atom is 0.416 e. The summed E-state index contributed by atoms with van der Waals surface area (Å²) < 4.78 is 40.4. The van der Waals surface area contributed by atoms with Gasteiger partial charge in [0.25, 0.3) is 0 Å². The van der Waals surface area contributed by atoms with Gasteiger partial charge in [-0.05, 0) is 19.1 Å². The van der Waals surface area contributed by atoms with Gasteiger partial charge in [-0.1, -0.05) is 6.92 Å². The lowest BCUT2D eigenvalue weighted by Crippen LogP contribution is -2.11. The summed E-state index contributed by atoms with van der Waals surface area (Å²) >= 11 is 0. The normalized spacial score (nSPS) is 11.7. The van der Waals surface area contributed by atoms with Crippen LogP contribution in [0.4, 0.5) is 19.0 Å². The van der Waals surface area contributed by atoms with Gasteiger partial charge in [-0.15, -0.1) is 0 Å². The second kappa shape index (κ2) is 5.52. The van der Waals surface area contributed by atoms with Crippen LogP contribution in [0.15, 0.2) is 24.5 Å². The van der Waals surface area contributed by atoms with Crippen LogP contribution in [0.25, 0.3) is 5.82 Å². The molecule has 0 fully saturated rings. The number of nitrogens with one attached hydrogen (secondary N) is 1. The molecule has 0 aromatic carbocycles. The van der Waals surface area contributed by atoms with E-state index in [-0.39, 0.29) is 11.6 Å². The minimum absolute atomic E-state index is 0.202. The predicted molar refractivity (Wildman–Crippen MR) is 69.9 cm³/mol. The molecule has 0 bridgehead atoms. The molecule has 0 radical (unpaired) electrons. The zero-order chi connectivity index (χ0) is 14.8. The highest BCUT2D eigenvalue weighted by molar-refractivity contribution is 5.45. The van der Waals surface area contributed by atoms with Crippen molar-refractivity contribution in [2.45, 2.75) is 26.4 Å². The summed E-state index contributed by atoms with van der Waals surface area (Å²) in [6.07, 6.45) is -0.638. The average Bonchev–Trinajstić information content (AvgIpc) is 2.86. The van der Waals surface area contributed by atoms with Gasteiger partial charge < -0.3 is 5.32 Å². The summed E-state index contributed by atoms with van der Waals surface area (Å²) in [5.74, 6) is 1.08. The van der Waals surface area contributed by atoms with Crippen LogP contribution >= 0.6 is 0 Å². The van der Waals surface area contributed by atoms with Crippen molar-refractivity contribution < 1.29 is 13.2 Å². The Morgan fingerprint density at radius 3 is 2.60 bits per heavy atom. The third kappa shape index (κ3) is 2.92. The average molecular weight is 284 g/mol. The number of halogens is 3. The van der Waals surface area contributed by atoms with Crippen LogP contribution in [0.1, 0.15) is 25.2 Å². The van der Waals surface area contributed by atoms with Gasteiger partial charge in [0.05, 0.1) is 5.56 Å². The lowest BCUT2D eigenvalue weighted by atomic mass is 10.2. The van der Waals surface area contributed by atoms with E-state index in [1.807, 2.05) is 6.92 Å². The minimum Gasteiger partial charge on any atom is -0.370 e. The highest BCUT2D eigenvalue weighted by Crippen LogP contribution is 2.31. The molecular formula is C13H15F3N4. The van der Waals surface area contributed by atoms with E-state index in [2.05, 4.69) is 15.3 Å². The van der Waals surface area contributed by atoms with Crippen LogP contribution in [0.3, 0.4) is 0 Å². The molecule has 0 atom stereocenters. The Labute approximate surface area is 114 Å². The summed E-state index contributed by atoms with van der Waals surface area (Å²) in [4.78, 5) is 8.30. The van der Waals surface area contributed by atoms with Crippen molar-refractivity contribution >= 4 is 5.82 Å². The number of pyridine rings is 1. The zero-order valence-electron chi connectivity index (χ0n) is 11.2. The number of hydrogen-bond acceptors (Lipinski definition) is 3. The highest BCUT2D eigenvalue weighted by Gasteiger charge is 2.32. The van der Waals surface area contributed by atoms with Gasteiger partial charge in [0.1, 0.15) is 17.5 Å². The Hall–Kier alpha value is -2.05. The fourth-order valence-corrected chi connectivity index (χ4v) is 1.88. The fourth-order valence-electron chi connectivity index (χ4n) is 1.88. The van der Waals surface area contributed by atoms with Gasteiger partial charge in [0.15, 0.2) is 0 Å². The molecule has 108 valence electrons. The molecule has 0 spiro atoms. The number of hydrogen-bond donors (Lipinski definition) is 1. The minimum atomic E-state index is -4.41. The molecule has 0 aliphatic carbocycles. The van der Waals surface area contributed by atoms with Gasteiger partial charge in [0, 0.05) is 25.4 Å². The van der Waals surface area contributed by atoms with Gasteiger partial charge in [-0.3, -0.25) is 4.57 Å². The van der Waals surface area contributed by atoms with Crippen LogP contribution < -0.4 is 5.32 Å². The van der Waals surface area contributed by atoms with E-state index in [0.717, 1.165) is 12.1 Å². The Morgan fingerprint density at radius 1 is 1.25 bits per heavy atom. The van der Waals surface area contributed by atoms with E-state index in [1.165, 1.54) is 0 Å². The second-order valence-electron chi connectivity index (χ2n) is 4.19. The van der Waals surface area contributed by atoms with Crippen LogP contribution in [0.2, 0.25) is 0 Å². The molecule has 0 unspecified atom stereocenters. The molecule has 1 N–H and O–H groups in total. The molecule has 0 aliphatic rings. The van der Waals surface area contributed by atoms with Crippen LogP contribution in [-0.2, 0) is 12.6 Å². The van der Waals surface area contributed by atoms with E-state index in [4.69, 9.17) is 0 Å². The van der Waals surface area contributed by atoms with Crippen LogP contribution in [0.5, 0.6) is 0 Å². The summed E-state index contributed by atoms with van der Waals surface area (Å²) in [5, 5.41) is 2.81. The fraction of sp³-hybridized carbons (Fsp3) is 0.385. The van der Waals surface area contributed by atoms with E-state index in [9.17, 15) is 13.2 Å². The number of nitrogens with zero attached hydrogens (tertiary/aromatic N) is 3. The molecule has 2 aromatic rings. The topological polar surface area (TPSA) is 42.7 Å². The molecule has 0 aliphatic heterocycles. The molecule has 4 nitrogen and oxygen atoms in total. The van der Waals surface area contributed by atoms with Crippen molar-refractivity contribution in [3.63, 3.8) is 0 Å². The number of imidazole rings is 1. The van der Waals surface area contributed by atoms with E-state index >= 15 is 0 Å². The summed E-state index contributed by atoms with van der Waals surface area (Å²) in [6, 6.07) is 2.04. The van der Waals surface area contributed by atoms with E-state index < -0.39 is 11.7 Å². The standard InChI is InChI=1S/C13H15F3N4/c1-3-11-18-5-6-20(11)12-8-9(13(14,15)16)7-10(19-12)17-4-2/h5-8H,3-4H2,1-2H3,(H,17,19). The quantitative estimate of drug-likeness (QED) is 0.937. The molecule has 0 saturated carbocycles. The maximum atomic E-state index is 12.9. The molecule has 7 heteroatoms. The smallest absolute Gasteiger partial charge is 0.370 e. The molecule has 2 aromatic heterocycles. The molecular weight excluding hydrogens is 269 g/mol.